The number of aliphatic hydroxyl groups excluding tert-OH is 1. The van der Waals surface area contributed by atoms with Gasteiger partial charge in [0.15, 0.2) is 0 Å². The quantitative estimate of drug-likeness (QED) is 0.596. The fourth-order valence-electron chi connectivity index (χ4n) is 3.09. The monoisotopic (exact) mass is 270 g/mol. The summed E-state index contributed by atoms with van der Waals surface area (Å²) in [5, 5.41) is 9.74. The van der Waals surface area contributed by atoms with Crippen LogP contribution in [-0.4, -0.2) is 29.5 Å². The molecule has 2 aliphatic rings. The Labute approximate surface area is 113 Å². The first kappa shape index (κ1) is 14.5. The van der Waals surface area contributed by atoms with Crippen LogP contribution < -0.4 is 0 Å². The largest absolute Gasteiger partial charge is 0.462 e. The van der Waals surface area contributed by atoms with Gasteiger partial charge in [-0.3, -0.25) is 4.79 Å². The minimum absolute atomic E-state index is 0.0422. The molecule has 19 heavy (non-hydrogen) atoms. The lowest BCUT2D eigenvalue weighted by Crippen LogP contribution is -2.20. The van der Waals surface area contributed by atoms with Gasteiger partial charge in [-0.1, -0.05) is 31.9 Å². The Hall–Kier alpha value is -0.900. The fourth-order valence-corrected chi connectivity index (χ4v) is 3.09. The molecule has 1 N–H and O–H groups in total. The van der Waals surface area contributed by atoms with E-state index < -0.39 is 12.3 Å². The van der Waals surface area contributed by atoms with Crippen molar-refractivity contribution in [1.29, 1.82) is 0 Å². The molecule has 1 heterocycles. The number of hydrogen-bond donors (Lipinski definition) is 1. The molecule has 2 fully saturated rings. The van der Waals surface area contributed by atoms with Gasteiger partial charge in [-0.2, -0.15) is 0 Å². The van der Waals surface area contributed by atoms with E-state index in [4.69, 9.17) is 4.74 Å². The average molecular weight is 270 g/mol. The summed E-state index contributed by atoms with van der Waals surface area (Å²) in [5.74, 6) is 0.342. The summed E-state index contributed by atoms with van der Waals surface area (Å²) in [4.78, 5) is 11.2. The number of allylic oxidation sites excluding steroid dienone is 1. The molecule has 0 bridgehead atoms. The van der Waals surface area contributed by atoms with E-state index in [1.165, 1.54) is 0 Å². The maximum absolute atomic E-state index is 13.6. The van der Waals surface area contributed by atoms with E-state index in [0.29, 0.717) is 12.8 Å². The van der Waals surface area contributed by atoms with Crippen molar-refractivity contribution in [2.75, 3.05) is 0 Å². The van der Waals surface area contributed by atoms with Gasteiger partial charge in [0.2, 0.25) is 0 Å². The van der Waals surface area contributed by atoms with Crippen molar-refractivity contribution in [1.82, 2.24) is 0 Å². The zero-order valence-corrected chi connectivity index (χ0v) is 11.4. The van der Waals surface area contributed by atoms with E-state index in [-0.39, 0.29) is 23.9 Å². The van der Waals surface area contributed by atoms with Crippen LogP contribution >= 0.6 is 0 Å². The number of hydrogen-bond acceptors (Lipinski definition) is 3. The molecule has 0 radical (unpaired) electrons. The van der Waals surface area contributed by atoms with Crippen molar-refractivity contribution in [3.8, 4) is 0 Å². The van der Waals surface area contributed by atoms with E-state index in [2.05, 4.69) is 0 Å². The molecule has 1 saturated carbocycles. The first-order chi connectivity index (χ1) is 9.11. The molecule has 1 aliphatic carbocycles. The van der Waals surface area contributed by atoms with Crippen LogP contribution in [0.15, 0.2) is 12.2 Å². The van der Waals surface area contributed by atoms with E-state index in [0.717, 1.165) is 25.7 Å². The minimum atomic E-state index is -1.19. The van der Waals surface area contributed by atoms with Crippen LogP contribution in [0.5, 0.6) is 0 Å². The average Bonchev–Trinajstić information content (AvgIpc) is 2.92. The molecule has 0 aromatic rings. The van der Waals surface area contributed by atoms with Gasteiger partial charge in [-0.05, 0) is 25.2 Å². The van der Waals surface area contributed by atoms with Crippen molar-refractivity contribution >= 4 is 5.97 Å². The Balaban J connectivity index is 1.83. The van der Waals surface area contributed by atoms with Gasteiger partial charge in [0.1, 0.15) is 18.4 Å². The second kappa shape index (κ2) is 6.51. The van der Waals surface area contributed by atoms with Gasteiger partial charge >= 0.3 is 5.97 Å². The predicted octanol–water partition coefficient (Wildman–Crippen LogP) is 2.77. The van der Waals surface area contributed by atoms with Crippen LogP contribution in [0, 0.1) is 11.8 Å². The third kappa shape index (κ3) is 3.56. The molecule has 0 spiro atoms. The Bertz CT molecular complexity index is 342. The lowest BCUT2D eigenvalue weighted by molar-refractivity contribution is -0.141. The van der Waals surface area contributed by atoms with Crippen LogP contribution in [0.4, 0.5) is 4.39 Å². The Kier molecular flexibility index (Phi) is 4.97. The molecular weight excluding hydrogens is 247 g/mol. The number of esters is 1. The zero-order valence-electron chi connectivity index (χ0n) is 11.4. The number of rotatable bonds is 6. The highest BCUT2D eigenvalue weighted by Gasteiger charge is 2.43. The van der Waals surface area contributed by atoms with Crippen molar-refractivity contribution in [2.45, 2.75) is 63.8 Å². The molecule has 4 heteroatoms. The number of carbonyl (C=O) groups excluding carboxylic acids is 1. The molecule has 5 atom stereocenters. The van der Waals surface area contributed by atoms with Gasteiger partial charge in [-0.25, -0.2) is 4.39 Å². The SMILES string of the molecule is CCCCC(F)C(O)C=CC1CCC2OC(=O)CC12. The lowest BCUT2D eigenvalue weighted by atomic mass is 9.92. The molecular formula is C15H23FO3. The summed E-state index contributed by atoms with van der Waals surface area (Å²) in [6, 6.07) is 0. The van der Waals surface area contributed by atoms with E-state index >= 15 is 0 Å². The van der Waals surface area contributed by atoms with Gasteiger partial charge in [0.05, 0.1) is 6.42 Å². The summed E-state index contributed by atoms with van der Waals surface area (Å²) >= 11 is 0. The molecule has 0 amide bonds. The van der Waals surface area contributed by atoms with Crippen LogP contribution in [0.2, 0.25) is 0 Å². The highest BCUT2D eigenvalue weighted by molar-refractivity contribution is 5.72. The molecule has 108 valence electrons. The molecule has 3 nitrogen and oxygen atoms in total. The van der Waals surface area contributed by atoms with Gasteiger partial charge in [0, 0.05) is 5.92 Å². The van der Waals surface area contributed by atoms with E-state index in [1.54, 1.807) is 6.08 Å². The second-order valence-electron chi connectivity index (χ2n) is 5.67. The maximum Gasteiger partial charge on any atom is 0.306 e. The maximum atomic E-state index is 13.6. The number of fused-ring (bicyclic) bond motifs is 1. The number of carbonyl (C=O) groups is 1. The molecule has 5 unspecified atom stereocenters. The van der Waals surface area contributed by atoms with E-state index in [1.807, 2.05) is 13.0 Å². The Morgan fingerprint density at radius 1 is 1.53 bits per heavy atom. The molecule has 0 aromatic carbocycles. The lowest BCUT2D eigenvalue weighted by Gasteiger charge is -2.14. The summed E-state index contributed by atoms with van der Waals surface area (Å²) in [7, 11) is 0. The number of unbranched alkanes of at least 4 members (excludes halogenated alkanes) is 1. The number of ether oxygens (including phenoxy) is 1. The highest BCUT2D eigenvalue weighted by atomic mass is 19.1. The topological polar surface area (TPSA) is 46.5 Å². The summed E-state index contributed by atoms with van der Waals surface area (Å²) in [6.07, 6.45) is 5.72. The molecule has 1 aliphatic heterocycles. The van der Waals surface area contributed by atoms with Crippen LogP contribution in [0.25, 0.3) is 0 Å². The molecule has 1 saturated heterocycles. The number of halogens is 1. The van der Waals surface area contributed by atoms with Gasteiger partial charge < -0.3 is 9.84 Å². The van der Waals surface area contributed by atoms with Crippen LogP contribution in [0.3, 0.4) is 0 Å². The van der Waals surface area contributed by atoms with Crippen molar-refractivity contribution < 1.29 is 19.0 Å². The third-order valence-electron chi connectivity index (χ3n) is 4.26. The highest BCUT2D eigenvalue weighted by Crippen LogP contribution is 2.41. The van der Waals surface area contributed by atoms with E-state index in [9.17, 15) is 14.3 Å². The predicted molar refractivity (Wildman–Crippen MR) is 70.3 cm³/mol. The van der Waals surface area contributed by atoms with Crippen LogP contribution in [0.1, 0.15) is 45.4 Å². The minimum Gasteiger partial charge on any atom is -0.462 e. The zero-order chi connectivity index (χ0) is 13.8. The third-order valence-corrected chi connectivity index (χ3v) is 4.26. The number of alkyl halides is 1. The first-order valence-corrected chi connectivity index (χ1v) is 7.31. The second-order valence-corrected chi connectivity index (χ2v) is 5.67. The summed E-state index contributed by atoms with van der Waals surface area (Å²) in [6.45, 7) is 2.00. The van der Waals surface area contributed by atoms with Gasteiger partial charge in [0.25, 0.3) is 0 Å². The van der Waals surface area contributed by atoms with Gasteiger partial charge in [-0.15, -0.1) is 0 Å². The standard InChI is InChI=1S/C15H23FO3/c1-2-3-4-12(16)13(17)7-5-10-6-8-14-11(10)9-15(18)19-14/h5,7,10-14,17H,2-4,6,8-9H2,1H3. The van der Waals surface area contributed by atoms with Crippen LogP contribution in [-0.2, 0) is 9.53 Å². The fraction of sp³-hybridized carbons (Fsp3) is 0.800. The number of aliphatic hydroxyl groups is 1. The summed E-state index contributed by atoms with van der Waals surface area (Å²) in [5.41, 5.74) is 0. The Morgan fingerprint density at radius 3 is 3.05 bits per heavy atom. The molecule has 2 rings (SSSR count). The molecule has 0 aromatic heterocycles. The Morgan fingerprint density at radius 2 is 2.32 bits per heavy atom. The summed E-state index contributed by atoms with van der Waals surface area (Å²) < 4.78 is 18.8. The van der Waals surface area contributed by atoms with Crippen molar-refractivity contribution in [2.24, 2.45) is 11.8 Å². The first-order valence-electron chi connectivity index (χ1n) is 7.31. The normalized spacial score (nSPS) is 33.4. The van der Waals surface area contributed by atoms with Crippen molar-refractivity contribution in [3.05, 3.63) is 12.2 Å². The smallest absolute Gasteiger partial charge is 0.306 e. The van der Waals surface area contributed by atoms with Crippen molar-refractivity contribution in [3.63, 3.8) is 0 Å².